The van der Waals surface area contributed by atoms with Crippen LogP contribution in [0.3, 0.4) is 0 Å². The molecule has 0 N–H and O–H groups in total. The first kappa shape index (κ1) is 54.4. The summed E-state index contributed by atoms with van der Waals surface area (Å²) in [5, 5.41) is 0. The fourth-order valence-electron chi connectivity index (χ4n) is 7.48. The Morgan fingerprint density at radius 3 is 0.929 bits per heavy atom. The second-order valence-corrected chi connectivity index (χ2v) is 17.3. The highest BCUT2D eigenvalue weighted by Crippen LogP contribution is 2.17. The second kappa shape index (κ2) is 44.5. The Morgan fingerprint density at radius 2 is 0.625 bits per heavy atom. The van der Waals surface area contributed by atoms with Crippen molar-refractivity contribution in [2.45, 2.75) is 284 Å². The van der Waals surface area contributed by atoms with E-state index >= 15 is 0 Å². The number of ether oxygens (including phenoxy) is 3. The van der Waals surface area contributed by atoms with E-state index in [0.717, 1.165) is 63.7 Å². The number of hydrogen-bond donors (Lipinski definition) is 0. The van der Waals surface area contributed by atoms with Crippen molar-refractivity contribution in [1.29, 1.82) is 0 Å². The third kappa shape index (κ3) is 42.0. The number of carbonyl (C=O) groups is 3. The highest BCUT2D eigenvalue weighted by atomic mass is 16.6. The van der Waals surface area contributed by atoms with Gasteiger partial charge in [-0.2, -0.15) is 0 Å². The summed E-state index contributed by atoms with van der Waals surface area (Å²) in [5.41, 5.74) is 0. The van der Waals surface area contributed by atoms with Crippen LogP contribution in [-0.4, -0.2) is 37.2 Å². The van der Waals surface area contributed by atoms with E-state index in [1.807, 2.05) is 0 Å². The first-order valence-electron chi connectivity index (χ1n) is 24.9. The third-order valence-corrected chi connectivity index (χ3v) is 11.7. The molecule has 0 aliphatic heterocycles. The lowest BCUT2D eigenvalue weighted by molar-refractivity contribution is -0.167. The van der Waals surface area contributed by atoms with Gasteiger partial charge in [0.25, 0.3) is 0 Å². The number of rotatable bonds is 45. The van der Waals surface area contributed by atoms with Crippen molar-refractivity contribution in [3.8, 4) is 0 Å². The van der Waals surface area contributed by atoms with Crippen LogP contribution >= 0.6 is 0 Å². The van der Waals surface area contributed by atoms with Gasteiger partial charge >= 0.3 is 17.9 Å². The first-order valence-corrected chi connectivity index (χ1v) is 24.9. The van der Waals surface area contributed by atoms with Gasteiger partial charge in [0, 0.05) is 19.3 Å². The second-order valence-electron chi connectivity index (χ2n) is 17.3. The lowest BCUT2D eigenvalue weighted by Crippen LogP contribution is -2.30. The average Bonchev–Trinajstić information content (AvgIpc) is 3.19. The molecule has 0 rings (SSSR count). The van der Waals surface area contributed by atoms with E-state index in [4.69, 9.17) is 14.2 Å². The molecular formula is C50H96O6. The summed E-state index contributed by atoms with van der Waals surface area (Å²) in [7, 11) is 0. The molecule has 0 amide bonds. The van der Waals surface area contributed by atoms with Crippen LogP contribution in [0.4, 0.5) is 0 Å². The summed E-state index contributed by atoms with van der Waals surface area (Å²) < 4.78 is 16.7. The van der Waals surface area contributed by atoms with E-state index in [9.17, 15) is 14.4 Å². The topological polar surface area (TPSA) is 78.9 Å². The van der Waals surface area contributed by atoms with Gasteiger partial charge in [0.05, 0.1) is 0 Å². The maximum atomic E-state index is 12.8. The molecule has 0 saturated heterocycles. The zero-order chi connectivity index (χ0) is 41.0. The summed E-state index contributed by atoms with van der Waals surface area (Å²) in [6, 6.07) is 0. The quantitative estimate of drug-likeness (QED) is 0.0347. The molecule has 0 aliphatic carbocycles. The highest BCUT2D eigenvalue weighted by Gasteiger charge is 2.19. The summed E-state index contributed by atoms with van der Waals surface area (Å²) in [5.74, 6) is -0.00365. The fraction of sp³-hybridized carbons (Fsp3) is 0.940. The predicted octanol–water partition coefficient (Wildman–Crippen LogP) is 15.9. The van der Waals surface area contributed by atoms with Crippen LogP contribution in [0.1, 0.15) is 278 Å². The Bertz CT molecular complexity index is 843. The average molecular weight is 793 g/mol. The first-order chi connectivity index (χ1) is 27.4. The molecule has 0 fully saturated rings. The highest BCUT2D eigenvalue weighted by molar-refractivity contribution is 5.71. The maximum Gasteiger partial charge on any atom is 0.306 e. The van der Waals surface area contributed by atoms with Crippen LogP contribution in [0.15, 0.2) is 0 Å². The van der Waals surface area contributed by atoms with E-state index < -0.39 is 6.10 Å². The monoisotopic (exact) mass is 793 g/mol. The predicted molar refractivity (Wildman–Crippen MR) is 238 cm³/mol. The minimum absolute atomic E-state index is 0.0638. The van der Waals surface area contributed by atoms with Crippen LogP contribution in [0.5, 0.6) is 0 Å². The van der Waals surface area contributed by atoms with Crippen molar-refractivity contribution in [3.05, 3.63) is 0 Å². The molecule has 332 valence electrons. The molecular weight excluding hydrogens is 697 g/mol. The van der Waals surface area contributed by atoms with Crippen molar-refractivity contribution in [2.24, 2.45) is 5.92 Å². The fourth-order valence-corrected chi connectivity index (χ4v) is 7.48. The van der Waals surface area contributed by atoms with Crippen molar-refractivity contribution in [1.82, 2.24) is 0 Å². The van der Waals surface area contributed by atoms with Crippen LogP contribution < -0.4 is 0 Å². The Balaban J connectivity index is 4.27. The maximum absolute atomic E-state index is 12.8. The number of unbranched alkanes of at least 4 members (excludes halogenated alkanes) is 31. The van der Waals surface area contributed by atoms with E-state index in [2.05, 4.69) is 27.7 Å². The van der Waals surface area contributed by atoms with Crippen LogP contribution in [-0.2, 0) is 28.6 Å². The Hall–Kier alpha value is -1.59. The Kier molecular flexibility index (Phi) is 43.2. The summed E-state index contributed by atoms with van der Waals surface area (Å²) in [6.07, 6.45) is 45.1. The third-order valence-electron chi connectivity index (χ3n) is 11.7. The molecule has 0 spiro atoms. The molecule has 0 bridgehead atoms. The zero-order valence-corrected chi connectivity index (χ0v) is 38.1. The molecule has 0 aromatic heterocycles. The molecule has 0 radical (unpaired) electrons. The lowest BCUT2D eigenvalue weighted by Gasteiger charge is -2.18. The van der Waals surface area contributed by atoms with Gasteiger partial charge in [-0.05, 0) is 25.2 Å². The standard InChI is InChI=1S/C50H96O6/c1-5-8-10-12-14-16-17-18-19-20-21-22-23-25-31-35-39-43-50(53)56-47(44-54-48(51)41-37-33-29-24-15-13-11-9-6-2)45-55-49(52)42-38-34-30-27-26-28-32-36-40-46(4)7-3/h46-47H,5-45H2,1-4H3/t46?,47-/m1/s1. The number of hydrogen-bond acceptors (Lipinski definition) is 6. The molecule has 0 aromatic rings. The van der Waals surface area contributed by atoms with Gasteiger partial charge in [0.15, 0.2) is 6.10 Å². The van der Waals surface area contributed by atoms with Crippen LogP contribution in [0, 0.1) is 5.92 Å². The zero-order valence-electron chi connectivity index (χ0n) is 38.1. The minimum Gasteiger partial charge on any atom is -0.462 e. The van der Waals surface area contributed by atoms with Gasteiger partial charge in [-0.3, -0.25) is 14.4 Å². The minimum atomic E-state index is -0.760. The van der Waals surface area contributed by atoms with E-state index in [1.54, 1.807) is 0 Å². The van der Waals surface area contributed by atoms with Crippen LogP contribution in [0.25, 0.3) is 0 Å². The molecule has 0 aromatic carbocycles. The molecule has 0 aliphatic rings. The molecule has 6 heteroatoms. The molecule has 6 nitrogen and oxygen atoms in total. The summed E-state index contributed by atoms with van der Waals surface area (Å²) in [6.45, 7) is 9.00. The van der Waals surface area contributed by atoms with Gasteiger partial charge in [0.1, 0.15) is 13.2 Å². The smallest absolute Gasteiger partial charge is 0.306 e. The van der Waals surface area contributed by atoms with Gasteiger partial charge in [-0.15, -0.1) is 0 Å². The molecule has 2 atom stereocenters. The normalized spacial score (nSPS) is 12.4. The van der Waals surface area contributed by atoms with Crippen LogP contribution in [0.2, 0.25) is 0 Å². The number of carbonyl (C=O) groups excluding carboxylic acids is 3. The van der Waals surface area contributed by atoms with E-state index in [-0.39, 0.29) is 31.1 Å². The Morgan fingerprint density at radius 1 is 0.357 bits per heavy atom. The molecule has 0 saturated carbocycles. The van der Waals surface area contributed by atoms with Gasteiger partial charge in [-0.1, -0.05) is 240 Å². The van der Waals surface area contributed by atoms with Crippen molar-refractivity contribution in [2.75, 3.05) is 13.2 Å². The van der Waals surface area contributed by atoms with Gasteiger partial charge in [-0.25, -0.2) is 0 Å². The Labute approximate surface area is 348 Å². The van der Waals surface area contributed by atoms with Crippen molar-refractivity contribution < 1.29 is 28.6 Å². The number of esters is 3. The summed E-state index contributed by atoms with van der Waals surface area (Å²) >= 11 is 0. The van der Waals surface area contributed by atoms with Gasteiger partial charge in [0.2, 0.25) is 0 Å². The van der Waals surface area contributed by atoms with E-state index in [0.29, 0.717) is 19.3 Å². The molecule has 1 unspecified atom stereocenters. The molecule has 0 heterocycles. The van der Waals surface area contributed by atoms with Gasteiger partial charge < -0.3 is 14.2 Å². The van der Waals surface area contributed by atoms with Crippen molar-refractivity contribution in [3.63, 3.8) is 0 Å². The summed E-state index contributed by atoms with van der Waals surface area (Å²) in [4.78, 5) is 37.8. The SMILES string of the molecule is CCCCCCCCCCCCCCCCCCCC(=O)O[C@H](COC(=O)CCCCCCCCCCC)COC(=O)CCCCCCCCCCC(C)CC. The lowest BCUT2D eigenvalue weighted by atomic mass is 9.99. The van der Waals surface area contributed by atoms with E-state index in [1.165, 1.54) is 173 Å². The van der Waals surface area contributed by atoms with Crippen molar-refractivity contribution >= 4 is 17.9 Å². The molecule has 56 heavy (non-hydrogen) atoms. The largest absolute Gasteiger partial charge is 0.462 e.